The average molecular weight is 257 g/mol. The summed E-state index contributed by atoms with van der Waals surface area (Å²) in [5.74, 6) is 0.933. The first-order valence-electron chi connectivity index (χ1n) is 5.42. The summed E-state index contributed by atoms with van der Waals surface area (Å²) in [6.07, 6.45) is 1.24. The summed E-state index contributed by atoms with van der Waals surface area (Å²) in [6, 6.07) is 5.73. The van der Waals surface area contributed by atoms with Crippen molar-refractivity contribution in [1.82, 2.24) is 10.3 Å². The second kappa shape index (κ2) is 5.97. The number of hydrogen-bond donors (Lipinski definition) is 1. The van der Waals surface area contributed by atoms with E-state index in [-0.39, 0.29) is 5.75 Å². The molecule has 0 atom stereocenters. The van der Waals surface area contributed by atoms with Gasteiger partial charge in [0.2, 0.25) is 0 Å². The summed E-state index contributed by atoms with van der Waals surface area (Å²) in [6.45, 7) is 1.16. The largest absolute Gasteiger partial charge is 0.359 e. The molecule has 0 bridgehead atoms. The first kappa shape index (κ1) is 13.9. The third-order valence-corrected chi connectivity index (χ3v) is 3.26. The maximum absolute atomic E-state index is 11.1. The number of nitrogens with one attached hydrogen (secondary N) is 1. The molecule has 0 saturated heterocycles. The Labute approximate surface area is 103 Å². The van der Waals surface area contributed by atoms with E-state index in [1.54, 1.807) is 0 Å². The number of hydrogen-bond acceptors (Lipinski definition) is 5. The van der Waals surface area contributed by atoms with Crippen molar-refractivity contribution < 1.29 is 8.42 Å². The summed E-state index contributed by atoms with van der Waals surface area (Å²) in [4.78, 5) is 6.28. The van der Waals surface area contributed by atoms with Crippen LogP contribution in [0.3, 0.4) is 0 Å². The minimum atomic E-state index is -2.93. The van der Waals surface area contributed by atoms with Gasteiger partial charge >= 0.3 is 0 Å². The lowest BCUT2D eigenvalue weighted by atomic mass is 10.3. The van der Waals surface area contributed by atoms with Gasteiger partial charge in [-0.3, -0.25) is 0 Å². The molecule has 0 fully saturated rings. The van der Waals surface area contributed by atoms with Crippen molar-refractivity contribution >= 4 is 15.7 Å². The van der Waals surface area contributed by atoms with Crippen molar-refractivity contribution in [3.05, 3.63) is 23.9 Å². The van der Waals surface area contributed by atoms with Gasteiger partial charge in [0.05, 0.1) is 11.4 Å². The molecule has 1 N–H and O–H groups in total. The standard InChI is InChI=1S/C11H19N3O2S/c1-12-9-10-5-4-6-11(13-10)14(2)7-8-17(3,15)16/h4-6,12H,7-9H2,1-3H3. The molecule has 96 valence electrons. The SMILES string of the molecule is CNCc1cccc(N(C)CCS(C)(=O)=O)n1. The van der Waals surface area contributed by atoms with E-state index < -0.39 is 9.84 Å². The molecule has 1 aromatic heterocycles. The van der Waals surface area contributed by atoms with Gasteiger partial charge in [-0.05, 0) is 19.2 Å². The van der Waals surface area contributed by atoms with Crippen LogP contribution in [0.1, 0.15) is 5.69 Å². The number of nitrogens with zero attached hydrogens (tertiary/aromatic N) is 2. The number of aromatic nitrogens is 1. The summed E-state index contributed by atoms with van der Waals surface area (Å²) >= 11 is 0. The van der Waals surface area contributed by atoms with Crippen LogP contribution in [0.15, 0.2) is 18.2 Å². The van der Waals surface area contributed by atoms with Gasteiger partial charge < -0.3 is 10.2 Å². The van der Waals surface area contributed by atoms with Gasteiger partial charge in [0.25, 0.3) is 0 Å². The van der Waals surface area contributed by atoms with Crippen molar-refractivity contribution in [3.63, 3.8) is 0 Å². The lowest BCUT2D eigenvalue weighted by molar-refractivity contribution is 0.601. The zero-order chi connectivity index (χ0) is 12.9. The maximum Gasteiger partial charge on any atom is 0.149 e. The van der Waals surface area contributed by atoms with Crippen LogP contribution in [0, 0.1) is 0 Å². The van der Waals surface area contributed by atoms with E-state index in [0.717, 1.165) is 11.5 Å². The second-order valence-corrected chi connectivity index (χ2v) is 6.33. The molecule has 0 amide bonds. The van der Waals surface area contributed by atoms with E-state index in [1.807, 2.05) is 37.2 Å². The highest BCUT2D eigenvalue weighted by molar-refractivity contribution is 7.90. The predicted molar refractivity (Wildman–Crippen MR) is 70.0 cm³/mol. The Morgan fingerprint density at radius 1 is 1.41 bits per heavy atom. The first-order valence-corrected chi connectivity index (χ1v) is 7.48. The van der Waals surface area contributed by atoms with Gasteiger partial charge in [0.1, 0.15) is 15.7 Å². The van der Waals surface area contributed by atoms with E-state index in [4.69, 9.17) is 0 Å². The minimum Gasteiger partial charge on any atom is -0.359 e. The molecule has 0 aliphatic carbocycles. The Kier molecular flexibility index (Phi) is 4.89. The average Bonchev–Trinajstić information content (AvgIpc) is 2.26. The van der Waals surface area contributed by atoms with Crippen LogP contribution < -0.4 is 10.2 Å². The highest BCUT2D eigenvalue weighted by Gasteiger charge is 2.07. The molecule has 6 heteroatoms. The Balaban J connectivity index is 2.68. The molecule has 0 aliphatic heterocycles. The fourth-order valence-electron chi connectivity index (χ4n) is 1.38. The van der Waals surface area contributed by atoms with Gasteiger partial charge in [0.15, 0.2) is 0 Å². The van der Waals surface area contributed by atoms with Crippen molar-refractivity contribution in [2.24, 2.45) is 0 Å². The van der Waals surface area contributed by atoms with Crippen LogP contribution >= 0.6 is 0 Å². The molecule has 17 heavy (non-hydrogen) atoms. The normalized spacial score (nSPS) is 11.5. The Morgan fingerprint density at radius 2 is 2.12 bits per heavy atom. The number of anilines is 1. The lowest BCUT2D eigenvalue weighted by Gasteiger charge is -2.18. The summed E-state index contributed by atoms with van der Waals surface area (Å²) in [5, 5.41) is 3.03. The Morgan fingerprint density at radius 3 is 2.71 bits per heavy atom. The van der Waals surface area contributed by atoms with Crippen LogP contribution in [0.4, 0.5) is 5.82 Å². The van der Waals surface area contributed by atoms with Gasteiger partial charge in [-0.15, -0.1) is 0 Å². The van der Waals surface area contributed by atoms with Crippen molar-refractivity contribution in [3.8, 4) is 0 Å². The lowest BCUT2D eigenvalue weighted by Crippen LogP contribution is -2.26. The highest BCUT2D eigenvalue weighted by Crippen LogP contribution is 2.09. The van der Waals surface area contributed by atoms with Gasteiger partial charge in [-0.2, -0.15) is 0 Å². The molecule has 0 aromatic carbocycles. The fourth-order valence-corrected chi connectivity index (χ4v) is 1.98. The molecule has 0 aliphatic rings. The van der Waals surface area contributed by atoms with E-state index in [0.29, 0.717) is 13.1 Å². The first-order chi connectivity index (χ1) is 7.92. The van der Waals surface area contributed by atoms with Crippen LogP contribution in [0.25, 0.3) is 0 Å². The topological polar surface area (TPSA) is 62.3 Å². The minimum absolute atomic E-state index is 0.140. The fraction of sp³-hybridized carbons (Fsp3) is 0.545. The summed E-state index contributed by atoms with van der Waals surface area (Å²) < 4.78 is 22.2. The van der Waals surface area contributed by atoms with Crippen LogP contribution in [0.5, 0.6) is 0 Å². The smallest absolute Gasteiger partial charge is 0.149 e. The van der Waals surface area contributed by atoms with Crippen molar-refractivity contribution in [2.45, 2.75) is 6.54 Å². The molecule has 0 radical (unpaired) electrons. The highest BCUT2D eigenvalue weighted by atomic mass is 32.2. The molecule has 1 rings (SSSR count). The zero-order valence-electron chi connectivity index (χ0n) is 10.5. The third kappa shape index (κ3) is 5.14. The maximum atomic E-state index is 11.1. The van der Waals surface area contributed by atoms with Crippen LogP contribution in [-0.2, 0) is 16.4 Å². The monoisotopic (exact) mass is 257 g/mol. The Hall–Kier alpha value is -1.14. The quantitative estimate of drug-likeness (QED) is 0.793. The molecule has 1 heterocycles. The molecule has 0 unspecified atom stereocenters. The van der Waals surface area contributed by atoms with Crippen molar-refractivity contribution in [2.75, 3.05) is 37.5 Å². The van der Waals surface area contributed by atoms with Gasteiger partial charge in [-0.1, -0.05) is 6.07 Å². The van der Waals surface area contributed by atoms with Crippen LogP contribution in [-0.4, -0.2) is 46.1 Å². The number of sulfone groups is 1. The predicted octanol–water partition coefficient (Wildman–Crippen LogP) is 0.282. The van der Waals surface area contributed by atoms with Gasteiger partial charge in [-0.25, -0.2) is 13.4 Å². The zero-order valence-corrected chi connectivity index (χ0v) is 11.3. The molecule has 0 spiro atoms. The van der Waals surface area contributed by atoms with E-state index in [1.165, 1.54) is 6.26 Å². The number of rotatable bonds is 6. The summed E-state index contributed by atoms with van der Waals surface area (Å²) in [5.41, 5.74) is 0.941. The van der Waals surface area contributed by atoms with Crippen molar-refractivity contribution in [1.29, 1.82) is 0 Å². The third-order valence-electron chi connectivity index (χ3n) is 2.34. The summed E-state index contributed by atoms with van der Waals surface area (Å²) in [7, 11) is 0.777. The molecular weight excluding hydrogens is 238 g/mol. The second-order valence-electron chi connectivity index (χ2n) is 4.07. The molecule has 5 nitrogen and oxygen atoms in total. The van der Waals surface area contributed by atoms with Gasteiger partial charge in [0, 0.05) is 26.4 Å². The van der Waals surface area contributed by atoms with E-state index >= 15 is 0 Å². The van der Waals surface area contributed by atoms with E-state index in [2.05, 4.69) is 10.3 Å². The molecular formula is C11H19N3O2S. The number of pyridine rings is 1. The Bertz CT molecular complexity index is 460. The molecule has 1 aromatic rings. The molecule has 0 saturated carbocycles. The van der Waals surface area contributed by atoms with Crippen LogP contribution in [0.2, 0.25) is 0 Å². The van der Waals surface area contributed by atoms with E-state index in [9.17, 15) is 8.42 Å².